The van der Waals surface area contributed by atoms with Crippen LogP contribution < -0.4 is 0 Å². The molecule has 1 aliphatic carbocycles. The van der Waals surface area contributed by atoms with Gasteiger partial charge in [0.05, 0.1) is 5.71 Å². The SMILES string of the molecule is CC(C)C1=NO[C@H]2CC=CC[C@@H]12. The first kappa shape index (κ1) is 7.84. The Morgan fingerprint density at radius 3 is 2.92 bits per heavy atom. The van der Waals surface area contributed by atoms with Gasteiger partial charge >= 0.3 is 0 Å². The predicted octanol–water partition coefficient (Wildman–Crippen LogP) is 2.36. The van der Waals surface area contributed by atoms with Crippen molar-refractivity contribution >= 4 is 5.71 Å². The van der Waals surface area contributed by atoms with Crippen LogP contribution in [0.15, 0.2) is 17.3 Å². The Hall–Kier alpha value is -0.790. The van der Waals surface area contributed by atoms with Gasteiger partial charge in [0.25, 0.3) is 0 Å². The third kappa shape index (κ3) is 1.15. The Kier molecular flexibility index (Phi) is 1.91. The molecule has 0 radical (unpaired) electrons. The predicted molar refractivity (Wildman–Crippen MR) is 49.0 cm³/mol. The van der Waals surface area contributed by atoms with Crippen LogP contribution >= 0.6 is 0 Å². The molecule has 0 bridgehead atoms. The molecule has 0 aromatic carbocycles. The van der Waals surface area contributed by atoms with E-state index in [2.05, 4.69) is 31.2 Å². The highest BCUT2D eigenvalue weighted by molar-refractivity contribution is 5.89. The number of nitrogens with zero attached hydrogens (tertiary/aromatic N) is 1. The van der Waals surface area contributed by atoms with E-state index in [4.69, 9.17) is 4.84 Å². The Labute approximate surface area is 73.3 Å². The number of rotatable bonds is 1. The summed E-state index contributed by atoms with van der Waals surface area (Å²) in [4.78, 5) is 5.37. The summed E-state index contributed by atoms with van der Waals surface area (Å²) in [6.07, 6.45) is 6.92. The van der Waals surface area contributed by atoms with Crippen molar-refractivity contribution in [2.75, 3.05) is 0 Å². The largest absolute Gasteiger partial charge is 0.391 e. The van der Waals surface area contributed by atoms with Crippen molar-refractivity contribution in [2.45, 2.75) is 32.8 Å². The molecule has 1 aliphatic heterocycles. The maximum absolute atomic E-state index is 5.37. The van der Waals surface area contributed by atoms with Crippen molar-refractivity contribution in [1.82, 2.24) is 0 Å². The summed E-state index contributed by atoms with van der Waals surface area (Å²) >= 11 is 0. The standard InChI is InChI=1S/C10H15NO/c1-7(2)10-8-5-3-4-6-9(8)12-11-10/h3-4,7-9H,5-6H2,1-2H3/t8-,9+/m1/s1. The Bertz CT molecular complexity index is 230. The molecule has 2 rings (SSSR count). The van der Waals surface area contributed by atoms with Gasteiger partial charge in [-0.1, -0.05) is 31.2 Å². The molecule has 0 amide bonds. The Morgan fingerprint density at radius 1 is 1.42 bits per heavy atom. The summed E-state index contributed by atoms with van der Waals surface area (Å²) in [5.41, 5.74) is 1.25. The third-order valence-electron chi connectivity index (χ3n) is 2.64. The molecule has 0 fully saturated rings. The minimum atomic E-state index is 0.340. The first-order chi connectivity index (χ1) is 5.79. The van der Waals surface area contributed by atoms with Crippen LogP contribution in [0.3, 0.4) is 0 Å². The first-order valence-corrected chi connectivity index (χ1v) is 4.67. The molecule has 2 nitrogen and oxygen atoms in total. The first-order valence-electron chi connectivity index (χ1n) is 4.67. The minimum absolute atomic E-state index is 0.340. The summed E-state index contributed by atoms with van der Waals surface area (Å²) in [6, 6.07) is 0. The van der Waals surface area contributed by atoms with E-state index in [0.29, 0.717) is 17.9 Å². The lowest BCUT2D eigenvalue weighted by molar-refractivity contribution is 0.0618. The summed E-state index contributed by atoms with van der Waals surface area (Å²) in [5.74, 6) is 1.10. The Balaban J connectivity index is 2.14. The van der Waals surface area contributed by atoms with Gasteiger partial charge in [-0.15, -0.1) is 0 Å². The van der Waals surface area contributed by atoms with Crippen LogP contribution in [0.5, 0.6) is 0 Å². The van der Waals surface area contributed by atoms with E-state index in [1.807, 2.05) is 0 Å². The number of hydrogen-bond donors (Lipinski definition) is 0. The fraction of sp³-hybridized carbons (Fsp3) is 0.700. The van der Waals surface area contributed by atoms with Crippen LogP contribution in [0.2, 0.25) is 0 Å². The van der Waals surface area contributed by atoms with Gasteiger partial charge in [-0.25, -0.2) is 0 Å². The Morgan fingerprint density at radius 2 is 2.17 bits per heavy atom. The second-order valence-corrected chi connectivity index (χ2v) is 3.86. The highest BCUT2D eigenvalue weighted by Crippen LogP contribution is 2.31. The molecule has 0 spiro atoms. The number of fused-ring (bicyclic) bond motifs is 1. The molecule has 1 heterocycles. The molecule has 12 heavy (non-hydrogen) atoms. The van der Waals surface area contributed by atoms with E-state index < -0.39 is 0 Å². The second-order valence-electron chi connectivity index (χ2n) is 3.86. The average Bonchev–Trinajstić information content (AvgIpc) is 2.47. The lowest BCUT2D eigenvalue weighted by atomic mass is 9.84. The van der Waals surface area contributed by atoms with Gasteiger partial charge in [0.2, 0.25) is 0 Å². The molecule has 0 unspecified atom stereocenters. The summed E-state index contributed by atoms with van der Waals surface area (Å²) in [7, 11) is 0. The molecule has 0 saturated carbocycles. The van der Waals surface area contributed by atoms with E-state index in [1.165, 1.54) is 5.71 Å². The number of allylic oxidation sites excluding steroid dienone is 1. The zero-order chi connectivity index (χ0) is 8.55. The maximum Gasteiger partial charge on any atom is 0.139 e. The lowest BCUT2D eigenvalue weighted by Crippen LogP contribution is -2.27. The normalized spacial score (nSPS) is 33.1. The fourth-order valence-corrected chi connectivity index (χ4v) is 1.95. The minimum Gasteiger partial charge on any atom is -0.391 e. The van der Waals surface area contributed by atoms with Gasteiger partial charge in [-0.2, -0.15) is 0 Å². The van der Waals surface area contributed by atoms with E-state index in [9.17, 15) is 0 Å². The second kappa shape index (κ2) is 2.92. The molecular weight excluding hydrogens is 150 g/mol. The topological polar surface area (TPSA) is 21.6 Å². The maximum atomic E-state index is 5.37. The zero-order valence-electron chi connectivity index (χ0n) is 7.66. The highest BCUT2D eigenvalue weighted by Gasteiger charge is 2.35. The van der Waals surface area contributed by atoms with Crippen LogP contribution in [0.4, 0.5) is 0 Å². The molecule has 66 valence electrons. The van der Waals surface area contributed by atoms with Crippen molar-refractivity contribution in [2.24, 2.45) is 17.0 Å². The smallest absolute Gasteiger partial charge is 0.139 e. The van der Waals surface area contributed by atoms with Gasteiger partial charge in [0.1, 0.15) is 6.10 Å². The molecule has 0 aromatic heterocycles. The van der Waals surface area contributed by atoms with Crippen molar-refractivity contribution in [1.29, 1.82) is 0 Å². The van der Waals surface area contributed by atoms with Gasteiger partial charge in [-0.05, 0) is 12.3 Å². The van der Waals surface area contributed by atoms with Crippen molar-refractivity contribution in [3.8, 4) is 0 Å². The molecule has 0 saturated heterocycles. The third-order valence-corrected chi connectivity index (χ3v) is 2.64. The van der Waals surface area contributed by atoms with Crippen LogP contribution in [-0.4, -0.2) is 11.8 Å². The van der Waals surface area contributed by atoms with Crippen LogP contribution in [0, 0.1) is 11.8 Å². The van der Waals surface area contributed by atoms with Gasteiger partial charge in [-0.3, -0.25) is 0 Å². The van der Waals surface area contributed by atoms with Gasteiger partial charge < -0.3 is 4.84 Å². The van der Waals surface area contributed by atoms with Crippen LogP contribution in [-0.2, 0) is 4.84 Å². The quantitative estimate of drug-likeness (QED) is 0.546. The lowest BCUT2D eigenvalue weighted by Gasteiger charge is -2.20. The molecular formula is C10H15NO. The van der Waals surface area contributed by atoms with Crippen molar-refractivity contribution in [3.05, 3.63) is 12.2 Å². The molecule has 0 aromatic rings. The van der Waals surface area contributed by atoms with Crippen molar-refractivity contribution in [3.63, 3.8) is 0 Å². The van der Waals surface area contributed by atoms with Crippen molar-refractivity contribution < 1.29 is 4.84 Å². The number of oxime groups is 1. The summed E-state index contributed by atoms with van der Waals surface area (Å²) in [5, 5.41) is 4.16. The monoisotopic (exact) mass is 165 g/mol. The summed E-state index contributed by atoms with van der Waals surface area (Å²) in [6.45, 7) is 4.37. The molecule has 2 atom stereocenters. The summed E-state index contributed by atoms with van der Waals surface area (Å²) < 4.78 is 0. The zero-order valence-corrected chi connectivity index (χ0v) is 7.66. The van der Waals surface area contributed by atoms with E-state index in [1.54, 1.807) is 0 Å². The van der Waals surface area contributed by atoms with E-state index >= 15 is 0 Å². The van der Waals surface area contributed by atoms with E-state index in [0.717, 1.165) is 12.8 Å². The van der Waals surface area contributed by atoms with Crippen LogP contribution in [0.1, 0.15) is 26.7 Å². The van der Waals surface area contributed by atoms with E-state index in [-0.39, 0.29) is 0 Å². The van der Waals surface area contributed by atoms with Gasteiger partial charge in [0, 0.05) is 12.3 Å². The van der Waals surface area contributed by atoms with Crippen LogP contribution in [0.25, 0.3) is 0 Å². The highest BCUT2D eigenvalue weighted by atomic mass is 16.6. The molecule has 2 heteroatoms. The van der Waals surface area contributed by atoms with Gasteiger partial charge in [0.15, 0.2) is 0 Å². The number of hydrogen-bond acceptors (Lipinski definition) is 2. The molecule has 0 N–H and O–H groups in total. The molecule has 2 aliphatic rings. The average molecular weight is 165 g/mol. The fourth-order valence-electron chi connectivity index (χ4n) is 1.95.